The predicted molar refractivity (Wildman–Crippen MR) is 96.5 cm³/mol. The Balaban J connectivity index is 2.03. The summed E-state index contributed by atoms with van der Waals surface area (Å²) < 4.78 is 0. The molecular weight excluding hydrogens is 322 g/mol. The van der Waals surface area contributed by atoms with Gasteiger partial charge in [-0.25, -0.2) is 0 Å². The van der Waals surface area contributed by atoms with Gasteiger partial charge < -0.3 is 10.6 Å². The molecule has 5 heteroatoms. The summed E-state index contributed by atoms with van der Waals surface area (Å²) in [7, 11) is 0. The number of carbonyl (C=O) groups excluding carboxylic acids is 1. The van der Waals surface area contributed by atoms with Crippen molar-refractivity contribution in [2.24, 2.45) is 0 Å². The highest BCUT2D eigenvalue weighted by atomic mass is 35.5. The van der Waals surface area contributed by atoms with Crippen LogP contribution in [0.3, 0.4) is 0 Å². The third-order valence-electron chi connectivity index (χ3n) is 3.37. The molecule has 2 rings (SSSR count). The highest BCUT2D eigenvalue weighted by molar-refractivity contribution is 6.31. The number of benzene rings is 2. The maximum absolute atomic E-state index is 12.1. The highest BCUT2D eigenvalue weighted by Crippen LogP contribution is 2.15. The van der Waals surface area contributed by atoms with E-state index in [0.29, 0.717) is 5.02 Å². The molecule has 2 aromatic carbocycles. The Morgan fingerprint density at radius 3 is 2.50 bits per heavy atom. The van der Waals surface area contributed by atoms with E-state index < -0.39 is 5.91 Å². The second-order valence-electron chi connectivity index (χ2n) is 5.46. The van der Waals surface area contributed by atoms with Gasteiger partial charge in [-0.05, 0) is 48.7 Å². The van der Waals surface area contributed by atoms with Crippen molar-refractivity contribution in [2.45, 2.75) is 20.4 Å². The fraction of sp³-hybridized carbons (Fsp3) is 0.158. The molecule has 2 aromatic rings. The van der Waals surface area contributed by atoms with Gasteiger partial charge in [0, 0.05) is 23.5 Å². The summed E-state index contributed by atoms with van der Waals surface area (Å²) in [5, 5.41) is 15.5. The molecule has 0 aliphatic rings. The molecule has 1 amide bonds. The third-order valence-corrected chi connectivity index (χ3v) is 3.74. The smallest absolute Gasteiger partial charge is 0.263 e. The first-order chi connectivity index (χ1) is 11.5. The molecule has 0 bridgehead atoms. The molecule has 0 fully saturated rings. The van der Waals surface area contributed by atoms with Crippen LogP contribution in [0, 0.1) is 25.2 Å². The fourth-order valence-electron chi connectivity index (χ4n) is 2.27. The van der Waals surface area contributed by atoms with Crippen molar-refractivity contribution in [3.05, 3.63) is 76.0 Å². The van der Waals surface area contributed by atoms with Gasteiger partial charge in [0.1, 0.15) is 11.6 Å². The van der Waals surface area contributed by atoms with E-state index >= 15 is 0 Å². The number of amides is 1. The Labute approximate surface area is 146 Å². The van der Waals surface area contributed by atoms with Crippen LogP contribution >= 0.6 is 11.6 Å². The van der Waals surface area contributed by atoms with Crippen LogP contribution in [0.25, 0.3) is 0 Å². The molecule has 0 heterocycles. The topological polar surface area (TPSA) is 64.9 Å². The zero-order valence-electron chi connectivity index (χ0n) is 13.6. The number of nitriles is 1. The molecule has 4 nitrogen and oxygen atoms in total. The minimum Gasteiger partial charge on any atom is -0.360 e. The molecule has 2 N–H and O–H groups in total. The zero-order chi connectivity index (χ0) is 17.5. The van der Waals surface area contributed by atoms with Crippen LogP contribution in [0.1, 0.15) is 16.7 Å². The average molecular weight is 340 g/mol. The van der Waals surface area contributed by atoms with Crippen molar-refractivity contribution >= 4 is 23.2 Å². The third kappa shape index (κ3) is 4.87. The maximum Gasteiger partial charge on any atom is 0.263 e. The second-order valence-corrected chi connectivity index (χ2v) is 5.87. The van der Waals surface area contributed by atoms with Gasteiger partial charge >= 0.3 is 0 Å². The molecular formula is C19H18ClN3O. The quantitative estimate of drug-likeness (QED) is 0.637. The summed E-state index contributed by atoms with van der Waals surface area (Å²) >= 11 is 6.05. The molecule has 0 atom stereocenters. The molecule has 122 valence electrons. The summed E-state index contributed by atoms with van der Waals surface area (Å²) in [6.45, 7) is 4.24. The van der Waals surface area contributed by atoms with E-state index in [1.807, 2.05) is 50.2 Å². The highest BCUT2D eigenvalue weighted by Gasteiger charge is 2.09. The molecule has 24 heavy (non-hydrogen) atoms. The number of nitrogens with one attached hydrogen (secondary N) is 2. The number of halogens is 1. The second kappa shape index (κ2) is 8.19. The van der Waals surface area contributed by atoms with Gasteiger partial charge in [0.25, 0.3) is 5.91 Å². The van der Waals surface area contributed by atoms with Crippen LogP contribution in [0.5, 0.6) is 0 Å². The molecule has 0 aliphatic heterocycles. The monoisotopic (exact) mass is 339 g/mol. The maximum atomic E-state index is 12.1. The van der Waals surface area contributed by atoms with Crippen LogP contribution in [0.2, 0.25) is 5.02 Å². The summed E-state index contributed by atoms with van der Waals surface area (Å²) in [5.41, 5.74) is 3.84. The largest absolute Gasteiger partial charge is 0.360 e. The van der Waals surface area contributed by atoms with Crippen molar-refractivity contribution < 1.29 is 4.79 Å². The SMILES string of the molecule is Cc1cc(C)cc(N/C=C(/C#N)C(=O)NCc2ccccc2Cl)c1. The lowest BCUT2D eigenvalue weighted by molar-refractivity contribution is -0.117. The number of rotatable bonds is 5. The van der Waals surface area contributed by atoms with Gasteiger partial charge in [-0.3, -0.25) is 4.79 Å². The average Bonchev–Trinajstić information content (AvgIpc) is 2.53. The lowest BCUT2D eigenvalue weighted by Crippen LogP contribution is -2.24. The number of carbonyl (C=O) groups is 1. The normalized spacial score (nSPS) is 10.8. The number of anilines is 1. The van der Waals surface area contributed by atoms with Gasteiger partial charge in [0.2, 0.25) is 0 Å². The van der Waals surface area contributed by atoms with Crippen LogP contribution in [0.4, 0.5) is 5.69 Å². The molecule has 0 saturated carbocycles. The van der Waals surface area contributed by atoms with E-state index in [0.717, 1.165) is 22.4 Å². The fourth-order valence-corrected chi connectivity index (χ4v) is 2.48. The van der Waals surface area contributed by atoms with Crippen LogP contribution in [-0.2, 0) is 11.3 Å². The van der Waals surface area contributed by atoms with Crippen LogP contribution in [-0.4, -0.2) is 5.91 Å². The van der Waals surface area contributed by atoms with Crippen molar-refractivity contribution in [3.63, 3.8) is 0 Å². The Kier molecular flexibility index (Phi) is 6.00. The number of hydrogen-bond donors (Lipinski definition) is 2. The molecule has 0 saturated heterocycles. The Bertz CT molecular complexity index is 801. The van der Waals surface area contributed by atoms with Gasteiger partial charge in [0.15, 0.2) is 0 Å². The molecule has 0 spiro atoms. The summed E-state index contributed by atoms with van der Waals surface area (Å²) in [5.74, 6) is -0.450. The van der Waals surface area contributed by atoms with Crippen molar-refractivity contribution in [1.82, 2.24) is 5.32 Å². The lowest BCUT2D eigenvalue weighted by atomic mass is 10.1. The van der Waals surface area contributed by atoms with E-state index in [1.165, 1.54) is 6.20 Å². The molecule has 0 aliphatic carbocycles. The Morgan fingerprint density at radius 1 is 1.21 bits per heavy atom. The molecule has 0 radical (unpaired) electrons. The zero-order valence-corrected chi connectivity index (χ0v) is 14.3. The Morgan fingerprint density at radius 2 is 1.88 bits per heavy atom. The van der Waals surface area contributed by atoms with Crippen LogP contribution < -0.4 is 10.6 Å². The first-order valence-electron chi connectivity index (χ1n) is 7.46. The molecule has 0 unspecified atom stereocenters. The number of hydrogen-bond acceptors (Lipinski definition) is 3. The van der Waals surface area contributed by atoms with E-state index in [1.54, 1.807) is 6.07 Å². The van der Waals surface area contributed by atoms with Crippen LogP contribution in [0.15, 0.2) is 54.2 Å². The number of nitrogens with zero attached hydrogens (tertiary/aromatic N) is 1. The standard InChI is InChI=1S/C19H18ClN3O/c1-13-7-14(2)9-17(8-13)22-12-16(10-21)19(24)23-11-15-5-3-4-6-18(15)20/h3-9,12,22H,11H2,1-2H3,(H,23,24)/b16-12-. The summed E-state index contributed by atoms with van der Waals surface area (Å²) in [6, 6.07) is 15.1. The van der Waals surface area contributed by atoms with E-state index in [-0.39, 0.29) is 12.1 Å². The minimum absolute atomic E-state index is 0.00112. The van der Waals surface area contributed by atoms with Crippen molar-refractivity contribution in [1.29, 1.82) is 5.26 Å². The summed E-state index contributed by atoms with van der Waals surface area (Å²) in [6.07, 6.45) is 1.41. The van der Waals surface area contributed by atoms with Gasteiger partial charge in [-0.1, -0.05) is 35.9 Å². The minimum atomic E-state index is -0.450. The summed E-state index contributed by atoms with van der Waals surface area (Å²) in [4.78, 5) is 12.1. The van der Waals surface area contributed by atoms with Crippen molar-refractivity contribution in [3.8, 4) is 6.07 Å². The van der Waals surface area contributed by atoms with Gasteiger partial charge in [-0.15, -0.1) is 0 Å². The lowest BCUT2D eigenvalue weighted by Gasteiger charge is -2.07. The van der Waals surface area contributed by atoms with Gasteiger partial charge in [-0.2, -0.15) is 5.26 Å². The first-order valence-corrected chi connectivity index (χ1v) is 7.84. The van der Waals surface area contributed by atoms with E-state index in [9.17, 15) is 10.1 Å². The van der Waals surface area contributed by atoms with E-state index in [4.69, 9.17) is 11.6 Å². The number of aryl methyl sites for hydroxylation is 2. The first kappa shape index (κ1) is 17.6. The Hall–Kier alpha value is -2.77. The van der Waals surface area contributed by atoms with E-state index in [2.05, 4.69) is 16.7 Å². The predicted octanol–water partition coefficient (Wildman–Crippen LogP) is 4.09. The van der Waals surface area contributed by atoms with Gasteiger partial charge in [0.05, 0.1) is 0 Å². The molecule has 0 aromatic heterocycles. The van der Waals surface area contributed by atoms with Crippen molar-refractivity contribution in [2.75, 3.05) is 5.32 Å².